The maximum Gasteiger partial charge on any atom is 0.202 e. The molecule has 3 aromatic carbocycles. The first kappa shape index (κ1) is 13.9. The molecular formula is C23H16N2O. The van der Waals surface area contributed by atoms with Crippen molar-refractivity contribution in [2.24, 2.45) is 0 Å². The second-order valence-corrected chi connectivity index (χ2v) is 6.91. The minimum atomic E-state index is 0.217. The van der Waals surface area contributed by atoms with Gasteiger partial charge in [-0.15, -0.1) is 0 Å². The van der Waals surface area contributed by atoms with Crippen LogP contribution in [0.3, 0.4) is 0 Å². The molecule has 2 aromatic heterocycles. The Hall–Kier alpha value is -3.33. The topological polar surface area (TPSA) is 41.8 Å². The van der Waals surface area contributed by atoms with E-state index in [1.807, 2.05) is 0 Å². The van der Waals surface area contributed by atoms with Gasteiger partial charge >= 0.3 is 0 Å². The van der Waals surface area contributed by atoms with E-state index in [-0.39, 0.29) is 5.92 Å². The van der Waals surface area contributed by atoms with E-state index in [1.165, 1.54) is 21.5 Å². The van der Waals surface area contributed by atoms with Gasteiger partial charge < -0.3 is 9.40 Å². The molecule has 1 aliphatic rings. The standard InChI is InChI=1S/C23H16N2O/c1-2-6-14(7-3-1)23-25-19-11-10-17-18-12-15-8-4-5-9-16(15)13-20(18)24-21(17)22(19)26-23/h1-6,8-14,24H,7H2. The van der Waals surface area contributed by atoms with Crippen LogP contribution in [0, 0.1) is 0 Å². The number of benzene rings is 3. The molecule has 1 N–H and O–H groups in total. The third-order valence-corrected chi connectivity index (χ3v) is 5.31. The fourth-order valence-electron chi connectivity index (χ4n) is 3.98. The zero-order valence-electron chi connectivity index (χ0n) is 14.1. The van der Waals surface area contributed by atoms with E-state index >= 15 is 0 Å². The van der Waals surface area contributed by atoms with E-state index in [0.29, 0.717) is 0 Å². The minimum absolute atomic E-state index is 0.217. The molecule has 0 bridgehead atoms. The predicted molar refractivity (Wildman–Crippen MR) is 107 cm³/mol. The van der Waals surface area contributed by atoms with Gasteiger partial charge in [-0.2, -0.15) is 0 Å². The van der Waals surface area contributed by atoms with Gasteiger partial charge in [0.2, 0.25) is 5.89 Å². The van der Waals surface area contributed by atoms with Gasteiger partial charge in [-0.3, -0.25) is 0 Å². The Balaban J connectivity index is 1.64. The lowest BCUT2D eigenvalue weighted by molar-refractivity contribution is 0.506. The third-order valence-electron chi connectivity index (χ3n) is 5.31. The van der Waals surface area contributed by atoms with Crippen LogP contribution in [-0.2, 0) is 0 Å². The monoisotopic (exact) mass is 336 g/mol. The molecule has 1 atom stereocenters. The summed E-state index contributed by atoms with van der Waals surface area (Å²) in [4.78, 5) is 8.30. The smallest absolute Gasteiger partial charge is 0.202 e. The van der Waals surface area contributed by atoms with E-state index < -0.39 is 0 Å². The molecule has 0 spiro atoms. The Morgan fingerprint density at radius 3 is 2.69 bits per heavy atom. The van der Waals surface area contributed by atoms with Crippen molar-refractivity contribution in [2.45, 2.75) is 12.3 Å². The molecule has 1 unspecified atom stereocenters. The Labute approximate surface area is 149 Å². The average molecular weight is 336 g/mol. The number of fused-ring (bicyclic) bond motifs is 6. The van der Waals surface area contributed by atoms with E-state index in [2.05, 4.69) is 77.8 Å². The maximum absolute atomic E-state index is 6.22. The number of allylic oxidation sites excluding steroid dienone is 4. The highest BCUT2D eigenvalue weighted by molar-refractivity contribution is 6.17. The van der Waals surface area contributed by atoms with Gasteiger partial charge in [-0.25, -0.2) is 4.98 Å². The van der Waals surface area contributed by atoms with E-state index in [1.54, 1.807) is 0 Å². The van der Waals surface area contributed by atoms with Crippen molar-refractivity contribution >= 4 is 43.7 Å². The predicted octanol–water partition coefficient (Wildman–Crippen LogP) is 6.22. The molecule has 2 heterocycles. The van der Waals surface area contributed by atoms with Gasteiger partial charge in [0.05, 0.1) is 11.4 Å². The number of hydrogen-bond donors (Lipinski definition) is 1. The summed E-state index contributed by atoms with van der Waals surface area (Å²) in [6.45, 7) is 0. The van der Waals surface area contributed by atoms with Crippen molar-refractivity contribution in [1.82, 2.24) is 9.97 Å². The zero-order chi connectivity index (χ0) is 17.1. The molecule has 3 nitrogen and oxygen atoms in total. The van der Waals surface area contributed by atoms with Crippen LogP contribution in [-0.4, -0.2) is 9.97 Å². The summed E-state index contributed by atoms with van der Waals surface area (Å²) >= 11 is 0. The largest absolute Gasteiger partial charge is 0.438 e. The molecular weight excluding hydrogens is 320 g/mol. The number of nitrogens with zero attached hydrogens (tertiary/aromatic N) is 1. The lowest BCUT2D eigenvalue weighted by Gasteiger charge is -2.07. The van der Waals surface area contributed by atoms with Crippen LogP contribution >= 0.6 is 0 Å². The van der Waals surface area contributed by atoms with Crippen LogP contribution in [0.15, 0.2) is 77.3 Å². The fraction of sp³-hybridized carbons (Fsp3) is 0.0870. The molecule has 0 aliphatic heterocycles. The summed E-state index contributed by atoms with van der Waals surface area (Å²) in [6, 6.07) is 17.1. The molecule has 0 amide bonds. The third kappa shape index (κ3) is 1.91. The van der Waals surface area contributed by atoms with E-state index in [4.69, 9.17) is 9.40 Å². The summed E-state index contributed by atoms with van der Waals surface area (Å²) < 4.78 is 6.22. The van der Waals surface area contributed by atoms with Crippen molar-refractivity contribution in [3.8, 4) is 0 Å². The number of nitrogens with one attached hydrogen (secondary N) is 1. The number of rotatable bonds is 1. The maximum atomic E-state index is 6.22. The second-order valence-electron chi connectivity index (χ2n) is 6.91. The summed E-state index contributed by atoms with van der Waals surface area (Å²) in [7, 11) is 0. The van der Waals surface area contributed by atoms with Crippen molar-refractivity contribution in [3.63, 3.8) is 0 Å². The quantitative estimate of drug-likeness (QED) is 0.395. The van der Waals surface area contributed by atoms with Crippen molar-refractivity contribution in [1.29, 1.82) is 0 Å². The van der Waals surface area contributed by atoms with Crippen molar-refractivity contribution < 1.29 is 4.42 Å². The van der Waals surface area contributed by atoms with Gasteiger partial charge in [0.25, 0.3) is 0 Å². The molecule has 0 saturated heterocycles. The van der Waals surface area contributed by atoms with E-state index in [9.17, 15) is 0 Å². The lowest BCUT2D eigenvalue weighted by Crippen LogP contribution is -1.95. The highest BCUT2D eigenvalue weighted by Gasteiger charge is 2.18. The second kappa shape index (κ2) is 5.09. The highest BCUT2D eigenvalue weighted by atomic mass is 16.3. The SMILES string of the molecule is C1=CCC(c2nc3ccc4c5cc6ccccc6cc5[nH]c4c3o2)C=C1. The van der Waals surface area contributed by atoms with Crippen LogP contribution in [0.25, 0.3) is 43.7 Å². The molecule has 0 radical (unpaired) electrons. The first-order chi connectivity index (χ1) is 12.9. The number of hydrogen-bond acceptors (Lipinski definition) is 2. The van der Waals surface area contributed by atoms with Crippen LogP contribution in [0.1, 0.15) is 18.2 Å². The molecule has 3 heteroatoms. The molecule has 1 aliphatic carbocycles. The van der Waals surface area contributed by atoms with Gasteiger partial charge in [0.1, 0.15) is 5.52 Å². The Bertz CT molecular complexity index is 1370. The lowest BCUT2D eigenvalue weighted by atomic mass is 10.0. The first-order valence-electron chi connectivity index (χ1n) is 8.94. The van der Waals surface area contributed by atoms with Gasteiger partial charge in [0.15, 0.2) is 5.58 Å². The average Bonchev–Trinajstić information content (AvgIpc) is 3.28. The number of oxazole rings is 1. The highest BCUT2D eigenvalue weighted by Crippen LogP contribution is 2.35. The van der Waals surface area contributed by atoms with Gasteiger partial charge in [-0.1, -0.05) is 48.6 Å². The molecule has 0 fully saturated rings. The molecule has 5 aromatic rings. The summed E-state index contributed by atoms with van der Waals surface area (Å²) in [5.74, 6) is 1.01. The number of aromatic amines is 1. The molecule has 26 heavy (non-hydrogen) atoms. The van der Waals surface area contributed by atoms with Crippen LogP contribution < -0.4 is 0 Å². The van der Waals surface area contributed by atoms with Crippen LogP contribution in [0.4, 0.5) is 0 Å². The van der Waals surface area contributed by atoms with Crippen molar-refractivity contribution in [2.75, 3.05) is 0 Å². The fourth-order valence-corrected chi connectivity index (χ4v) is 3.98. The van der Waals surface area contributed by atoms with Crippen LogP contribution in [0.5, 0.6) is 0 Å². The molecule has 6 rings (SSSR count). The van der Waals surface area contributed by atoms with Crippen LogP contribution in [0.2, 0.25) is 0 Å². The summed E-state index contributed by atoms with van der Waals surface area (Å²) in [6.07, 6.45) is 9.38. The van der Waals surface area contributed by atoms with Crippen molar-refractivity contribution in [3.05, 3.63) is 78.7 Å². The summed E-state index contributed by atoms with van der Waals surface area (Å²) in [5, 5.41) is 4.89. The number of aromatic nitrogens is 2. The Morgan fingerprint density at radius 2 is 1.85 bits per heavy atom. The van der Waals surface area contributed by atoms with E-state index in [0.717, 1.165) is 34.4 Å². The van der Waals surface area contributed by atoms with Gasteiger partial charge in [-0.05, 0) is 41.5 Å². The zero-order valence-corrected chi connectivity index (χ0v) is 14.1. The molecule has 0 saturated carbocycles. The normalized spacial score (nSPS) is 17.2. The first-order valence-corrected chi connectivity index (χ1v) is 8.94. The minimum Gasteiger partial charge on any atom is -0.438 e. The Morgan fingerprint density at radius 1 is 0.962 bits per heavy atom. The number of H-pyrrole nitrogens is 1. The Kier molecular flexibility index (Phi) is 2.72. The summed E-state index contributed by atoms with van der Waals surface area (Å²) in [5.41, 5.74) is 3.92. The molecule has 124 valence electrons. The van der Waals surface area contributed by atoms with Gasteiger partial charge in [0, 0.05) is 16.3 Å².